The Morgan fingerprint density at radius 3 is 2.85 bits per heavy atom. The van der Waals surface area contributed by atoms with Gasteiger partial charge in [-0.05, 0) is 43.2 Å². The van der Waals surface area contributed by atoms with Crippen LogP contribution in [0.4, 0.5) is 11.7 Å². The molecule has 1 N–H and O–H groups in total. The van der Waals surface area contributed by atoms with Crippen LogP contribution in [0.25, 0.3) is 22.4 Å². The van der Waals surface area contributed by atoms with Gasteiger partial charge in [0, 0.05) is 51.0 Å². The Morgan fingerprint density at radius 1 is 1.12 bits per heavy atom. The Morgan fingerprint density at radius 2 is 2.00 bits per heavy atom. The second kappa shape index (κ2) is 6.29. The van der Waals surface area contributed by atoms with E-state index in [1.54, 1.807) is 0 Å². The lowest BCUT2D eigenvalue weighted by molar-refractivity contribution is 0.249. The molecule has 0 saturated carbocycles. The zero-order valence-corrected chi connectivity index (χ0v) is 15.0. The summed E-state index contributed by atoms with van der Waals surface area (Å²) in [6.07, 6.45) is 4.21. The van der Waals surface area contributed by atoms with Crippen LogP contribution >= 0.6 is 0 Å². The van der Waals surface area contributed by atoms with E-state index in [0.717, 1.165) is 47.1 Å². The minimum absolute atomic E-state index is 0.549. The highest BCUT2D eigenvalue weighted by Gasteiger charge is 2.31. The van der Waals surface area contributed by atoms with Gasteiger partial charge in [0.1, 0.15) is 5.52 Å². The lowest BCUT2D eigenvalue weighted by Crippen LogP contribution is -2.38. The second-order valence-corrected chi connectivity index (χ2v) is 7.09. The fourth-order valence-electron chi connectivity index (χ4n) is 4.16. The van der Waals surface area contributed by atoms with E-state index in [0.29, 0.717) is 6.04 Å². The van der Waals surface area contributed by atoms with Gasteiger partial charge in [-0.2, -0.15) is 4.98 Å². The Bertz CT molecular complexity index is 929. The van der Waals surface area contributed by atoms with Gasteiger partial charge in [-0.25, -0.2) is 0 Å². The summed E-state index contributed by atoms with van der Waals surface area (Å²) in [5.74, 6) is 0. The van der Waals surface area contributed by atoms with Crippen molar-refractivity contribution in [2.24, 2.45) is 0 Å². The molecule has 0 radical (unpaired) electrons. The minimum Gasteiger partial charge on any atom is -0.423 e. The first-order chi connectivity index (χ1) is 12.8. The van der Waals surface area contributed by atoms with E-state index in [9.17, 15) is 0 Å². The van der Waals surface area contributed by atoms with Gasteiger partial charge in [0.05, 0.1) is 11.4 Å². The van der Waals surface area contributed by atoms with E-state index >= 15 is 0 Å². The Kier molecular flexibility index (Phi) is 3.78. The summed E-state index contributed by atoms with van der Waals surface area (Å²) in [6, 6.07) is 11.4. The molecule has 3 saturated heterocycles. The number of anilines is 2. The van der Waals surface area contributed by atoms with E-state index in [4.69, 9.17) is 9.40 Å². The fourth-order valence-corrected chi connectivity index (χ4v) is 4.16. The first-order valence-electron chi connectivity index (χ1n) is 9.34. The molecular weight excluding hydrogens is 326 g/mol. The molecule has 3 fully saturated rings. The highest BCUT2D eigenvalue weighted by Crippen LogP contribution is 2.32. The van der Waals surface area contributed by atoms with Crippen molar-refractivity contribution in [1.29, 1.82) is 0 Å². The quantitative estimate of drug-likeness (QED) is 0.783. The van der Waals surface area contributed by atoms with E-state index in [2.05, 4.69) is 32.2 Å². The fraction of sp³-hybridized carbons (Fsp3) is 0.400. The maximum Gasteiger partial charge on any atom is 0.298 e. The zero-order chi connectivity index (χ0) is 17.5. The average Bonchev–Trinajstić information content (AvgIpc) is 2.88. The smallest absolute Gasteiger partial charge is 0.298 e. The van der Waals surface area contributed by atoms with Crippen LogP contribution in [-0.4, -0.2) is 54.1 Å². The van der Waals surface area contributed by atoms with Crippen LogP contribution in [0.5, 0.6) is 0 Å². The third-order valence-corrected chi connectivity index (χ3v) is 5.63. The largest absolute Gasteiger partial charge is 0.423 e. The number of fused-ring (bicyclic) bond motifs is 5. The Balaban J connectivity index is 1.52. The van der Waals surface area contributed by atoms with Crippen LogP contribution in [-0.2, 0) is 0 Å². The minimum atomic E-state index is 0.549. The summed E-state index contributed by atoms with van der Waals surface area (Å²) in [6.45, 7) is 4.48. The topological polar surface area (TPSA) is 57.4 Å². The van der Waals surface area contributed by atoms with Crippen LogP contribution in [0, 0.1) is 0 Å². The van der Waals surface area contributed by atoms with E-state index in [1.165, 1.54) is 25.9 Å². The summed E-state index contributed by atoms with van der Waals surface area (Å²) in [5.41, 5.74) is 4.72. The van der Waals surface area contributed by atoms with Gasteiger partial charge in [-0.15, -0.1) is 0 Å². The number of nitrogens with zero attached hydrogens (tertiary/aromatic N) is 4. The lowest BCUT2D eigenvalue weighted by Gasteiger charge is -2.30. The molecule has 134 valence electrons. The molecule has 5 heterocycles. The SMILES string of the molecule is CNc1cccnc1-c1ccc2oc(N3CCN4CCC3CC4)nc2c1. The third-order valence-electron chi connectivity index (χ3n) is 5.63. The number of aromatic nitrogens is 2. The molecule has 6 rings (SSSR count). The summed E-state index contributed by atoms with van der Waals surface area (Å²) >= 11 is 0. The van der Waals surface area contributed by atoms with Gasteiger partial charge in [0.25, 0.3) is 6.01 Å². The van der Waals surface area contributed by atoms with Crippen LogP contribution in [0.3, 0.4) is 0 Å². The second-order valence-electron chi connectivity index (χ2n) is 7.09. The molecule has 0 atom stereocenters. The molecule has 26 heavy (non-hydrogen) atoms. The maximum absolute atomic E-state index is 6.12. The molecule has 0 aliphatic carbocycles. The van der Waals surface area contributed by atoms with Crippen LogP contribution in [0.15, 0.2) is 40.9 Å². The molecule has 3 aliphatic rings. The van der Waals surface area contributed by atoms with Crippen LogP contribution in [0.1, 0.15) is 12.8 Å². The molecule has 0 amide bonds. The van der Waals surface area contributed by atoms with Gasteiger partial charge in [-0.1, -0.05) is 0 Å². The normalized spacial score (nSPS) is 22.6. The van der Waals surface area contributed by atoms with Crippen LogP contribution < -0.4 is 10.2 Å². The molecule has 3 aliphatic heterocycles. The molecular formula is C20H23N5O. The standard InChI is InChI=1S/C20H23N5O/c1-21-16-3-2-8-22-19(16)14-4-5-18-17(13-14)23-20(26-18)25-12-11-24-9-6-15(25)7-10-24/h2-5,8,13,15,21H,6-7,9-12H2,1H3. The van der Waals surface area contributed by atoms with Crippen molar-refractivity contribution in [2.45, 2.75) is 18.9 Å². The highest BCUT2D eigenvalue weighted by molar-refractivity contribution is 5.84. The predicted molar refractivity (Wildman–Crippen MR) is 104 cm³/mol. The predicted octanol–water partition coefficient (Wildman–Crippen LogP) is 3.22. The van der Waals surface area contributed by atoms with Crippen molar-refractivity contribution in [1.82, 2.24) is 14.9 Å². The monoisotopic (exact) mass is 349 g/mol. The molecule has 0 spiro atoms. The average molecular weight is 349 g/mol. The maximum atomic E-state index is 6.12. The summed E-state index contributed by atoms with van der Waals surface area (Å²) in [4.78, 5) is 14.3. The molecule has 2 bridgehead atoms. The summed E-state index contributed by atoms with van der Waals surface area (Å²) in [5, 5.41) is 3.20. The Hall–Kier alpha value is -2.60. The molecule has 1 aromatic carbocycles. The van der Waals surface area contributed by atoms with Gasteiger partial charge in [0.15, 0.2) is 5.58 Å². The number of pyridine rings is 1. The van der Waals surface area contributed by atoms with E-state index in [-0.39, 0.29) is 0 Å². The molecule has 0 unspecified atom stereocenters. The number of rotatable bonds is 3. The van der Waals surface area contributed by atoms with Crippen molar-refractivity contribution >= 4 is 22.8 Å². The van der Waals surface area contributed by atoms with Crippen molar-refractivity contribution in [2.75, 3.05) is 43.4 Å². The number of piperidine rings is 1. The number of hydrogen-bond acceptors (Lipinski definition) is 6. The molecule has 6 nitrogen and oxygen atoms in total. The van der Waals surface area contributed by atoms with Gasteiger partial charge in [-0.3, -0.25) is 4.98 Å². The van der Waals surface area contributed by atoms with Crippen molar-refractivity contribution < 1.29 is 4.42 Å². The molecule has 3 aromatic rings. The highest BCUT2D eigenvalue weighted by atomic mass is 16.4. The van der Waals surface area contributed by atoms with Crippen LogP contribution in [0.2, 0.25) is 0 Å². The van der Waals surface area contributed by atoms with Gasteiger partial charge in [0.2, 0.25) is 0 Å². The molecule has 6 heteroatoms. The first kappa shape index (κ1) is 15.6. The zero-order valence-electron chi connectivity index (χ0n) is 15.0. The molecule has 2 aromatic heterocycles. The van der Waals surface area contributed by atoms with Crippen molar-refractivity contribution in [3.05, 3.63) is 36.5 Å². The van der Waals surface area contributed by atoms with Gasteiger partial charge < -0.3 is 19.5 Å². The summed E-state index contributed by atoms with van der Waals surface area (Å²) < 4.78 is 6.12. The number of oxazole rings is 1. The number of nitrogens with one attached hydrogen (secondary N) is 1. The number of benzene rings is 1. The van der Waals surface area contributed by atoms with Crippen molar-refractivity contribution in [3.8, 4) is 11.3 Å². The number of hydrogen-bond donors (Lipinski definition) is 1. The van der Waals surface area contributed by atoms with E-state index in [1.807, 2.05) is 31.4 Å². The third kappa shape index (κ3) is 2.61. The summed E-state index contributed by atoms with van der Waals surface area (Å²) in [7, 11) is 1.91. The van der Waals surface area contributed by atoms with Crippen molar-refractivity contribution in [3.63, 3.8) is 0 Å². The lowest BCUT2D eigenvalue weighted by atomic mass is 10.1. The van der Waals surface area contributed by atoms with E-state index < -0.39 is 0 Å². The van der Waals surface area contributed by atoms with Gasteiger partial charge >= 0.3 is 0 Å². The first-order valence-corrected chi connectivity index (χ1v) is 9.34. The Labute approximate surface area is 152 Å².